The molecule has 2 amide bonds. The predicted molar refractivity (Wildman–Crippen MR) is 122 cm³/mol. The number of nitrogens with zero attached hydrogens (tertiary/aromatic N) is 3. The predicted octanol–water partition coefficient (Wildman–Crippen LogP) is 3.69. The maximum atomic E-state index is 13.2. The van der Waals surface area contributed by atoms with Gasteiger partial charge in [-0.25, -0.2) is 9.37 Å². The number of halogens is 1. The largest absolute Gasteiger partial charge is 0.436 e. The lowest BCUT2D eigenvalue weighted by Crippen LogP contribution is -2.39. The van der Waals surface area contributed by atoms with Crippen LogP contribution in [0.4, 0.5) is 15.8 Å². The van der Waals surface area contributed by atoms with Gasteiger partial charge in [0.15, 0.2) is 5.58 Å². The number of hydrogen-bond donors (Lipinski definition) is 2. The minimum atomic E-state index is -0.835. The summed E-state index contributed by atoms with van der Waals surface area (Å²) in [5.41, 5.74) is 8.86. The number of benzene rings is 3. The summed E-state index contributed by atoms with van der Waals surface area (Å²) >= 11 is 0. The highest BCUT2D eigenvalue weighted by Gasteiger charge is 2.35. The Morgan fingerprint density at radius 3 is 2.45 bits per heavy atom. The smallest absolute Gasteiger partial charge is 0.271 e. The Bertz CT molecular complexity index is 1350. The van der Waals surface area contributed by atoms with Gasteiger partial charge in [-0.2, -0.15) is 5.10 Å². The van der Waals surface area contributed by atoms with Crippen LogP contribution in [-0.4, -0.2) is 28.6 Å². The van der Waals surface area contributed by atoms with Gasteiger partial charge in [-0.05, 0) is 60.7 Å². The highest BCUT2D eigenvalue weighted by molar-refractivity contribution is 6.44. The normalized spacial score (nSPS) is 15.5. The van der Waals surface area contributed by atoms with Crippen molar-refractivity contribution >= 4 is 40.0 Å². The average molecular weight is 443 g/mol. The second kappa shape index (κ2) is 8.19. The number of para-hydroxylation sites is 2. The number of aromatic nitrogens is 1. The number of fused-ring (bicyclic) bond motifs is 1. The average Bonchev–Trinajstić information content (AvgIpc) is 3.45. The lowest BCUT2D eigenvalue weighted by molar-refractivity contribution is -0.119. The van der Waals surface area contributed by atoms with E-state index in [-0.39, 0.29) is 12.1 Å². The highest BCUT2D eigenvalue weighted by atomic mass is 19.1. The van der Waals surface area contributed by atoms with Crippen LogP contribution < -0.4 is 16.1 Å². The zero-order chi connectivity index (χ0) is 22.9. The van der Waals surface area contributed by atoms with Gasteiger partial charge in [-0.1, -0.05) is 12.1 Å². The number of amides is 2. The topological polar surface area (TPSA) is 114 Å². The summed E-state index contributed by atoms with van der Waals surface area (Å²) in [6.45, 7) is 0. The standard InChI is InChI=1S/C24H18FN5O3/c25-15-7-11-17(12-8-15)30-20(22(26)31)13-19(29-30)23(32)27-16-9-5-14(6-10-16)24-28-18-3-1-2-4-21(18)33-24/h1-12,20H,13H2,(H2,26,31)(H,27,32). The Labute approximate surface area is 187 Å². The van der Waals surface area contributed by atoms with Crippen LogP contribution in [0.15, 0.2) is 82.3 Å². The second-order valence-corrected chi connectivity index (χ2v) is 7.51. The first kappa shape index (κ1) is 20.4. The molecule has 0 saturated heterocycles. The lowest BCUT2D eigenvalue weighted by Gasteiger charge is -2.20. The monoisotopic (exact) mass is 443 g/mol. The number of nitrogens with one attached hydrogen (secondary N) is 1. The van der Waals surface area contributed by atoms with Crippen LogP contribution in [0.3, 0.4) is 0 Å². The van der Waals surface area contributed by atoms with Crippen molar-refractivity contribution in [2.24, 2.45) is 10.8 Å². The fraction of sp³-hybridized carbons (Fsp3) is 0.0833. The van der Waals surface area contributed by atoms with Gasteiger partial charge in [0.2, 0.25) is 11.8 Å². The van der Waals surface area contributed by atoms with E-state index in [1.54, 1.807) is 24.3 Å². The van der Waals surface area contributed by atoms with Gasteiger partial charge in [0.05, 0.1) is 5.69 Å². The molecular weight excluding hydrogens is 425 g/mol. The number of hydrogen-bond acceptors (Lipinski definition) is 6. The second-order valence-electron chi connectivity index (χ2n) is 7.51. The first-order valence-corrected chi connectivity index (χ1v) is 10.2. The summed E-state index contributed by atoms with van der Waals surface area (Å²) in [6, 6.07) is 19.1. The van der Waals surface area contributed by atoms with Crippen molar-refractivity contribution in [2.75, 3.05) is 10.3 Å². The van der Waals surface area contributed by atoms with Crippen LogP contribution in [0, 0.1) is 5.82 Å². The third-order valence-corrected chi connectivity index (χ3v) is 5.28. The Morgan fingerprint density at radius 1 is 1.03 bits per heavy atom. The molecule has 0 aliphatic carbocycles. The molecule has 164 valence electrons. The number of hydrazone groups is 1. The van der Waals surface area contributed by atoms with Crippen molar-refractivity contribution in [2.45, 2.75) is 12.5 Å². The molecular formula is C24H18FN5O3. The number of carbonyl (C=O) groups excluding carboxylic acids is 2. The third-order valence-electron chi connectivity index (χ3n) is 5.28. The van der Waals surface area contributed by atoms with Gasteiger partial charge < -0.3 is 15.5 Å². The minimum Gasteiger partial charge on any atom is -0.436 e. The number of nitrogens with two attached hydrogens (primary N) is 1. The molecule has 0 bridgehead atoms. The Hall–Kier alpha value is -4.53. The van der Waals surface area contributed by atoms with Crippen LogP contribution in [0.2, 0.25) is 0 Å². The van der Waals surface area contributed by atoms with Crippen LogP contribution in [-0.2, 0) is 9.59 Å². The molecule has 8 nitrogen and oxygen atoms in total. The van der Waals surface area contributed by atoms with E-state index < -0.39 is 23.7 Å². The van der Waals surface area contributed by atoms with E-state index in [1.165, 1.54) is 29.3 Å². The number of oxazole rings is 1. The number of primary amides is 1. The van der Waals surface area contributed by atoms with E-state index in [1.807, 2.05) is 24.3 Å². The van der Waals surface area contributed by atoms with Gasteiger partial charge in [0.25, 0.3) is 5.91 Å². The summed E-state index contributed by atoms with van der Waals surface area (Å²) < 4.78 is 19.0. The molecule has 3 aromatic carbocycles. The van der Waals surface area contributed by atoms with E-state index in [0.29, 0.717) is 22.8 Å². The molecule has 1 unspecified atom stereocenters. The summed E-state index contributed by atoms with van der Waals surface area (Å²) in [5, 5.41) is 8.38. The van der Waals surface area contributed by atoms with Crippen LogP contribution in [0.5, 0.6) is 0 Å². The van der Waals surface area contributed by atoms with Gasteiger partial charge in [0, 0.05) is 17.7 Å². The number of anilines is 2. The summed E-state index contributed by atoms with van der Waals surface area (Å²) in [4.78, 5) is 29.1. The van der Waals surface area contributed by atoms with Crippen molar-refractivity contribution in [3.05, 3.63) is 78.6 Å². The van der Waals surface area contributed by atoms with Crippen molar-refractivity contribution < 1.29 is 18.4 Å². The molecule has 1 atom stereocenters. The molecule has 0 spiro atoms. The molecule has 0 saturated carbocycles. The third kappa shape index (κ3) is 4.03. The van der Waals surface area contributed by atoms with E-state index in [9.17, 15) is 14.0 Å². The quantitative estimate of drug-likeness (QED) is 0.488. The van der Waals surface area contributed by atoms with E-state index >= 15 is 0 Å². The zero-order valence-electron chi connectivity index (χ0n) is 17.2. The van der Waals surface area contributed by atoms with E-state index in [2.05, 4.69) is 15.4 Å². The fourth-order valence-corrected chi connectivity index (χ4v) is 3.60. The Balaban J connectivity index is 1.32. The first-order valence-electron chi connectivity index (χ1n) is 10.2. The van der Waals surface area contributed by atoms with Crippen molar-refractivity contribution in [3.8, 4) is 11.5 Å². The molecule has 1 aliphatic rings. The number of carbonyl (C=O) groups is 2. The van der Waals surface area contributed by atoms with Crippen LogP contribution in [0.25, 0.3) is 22.6 Å². The number of rotatable bonds is 5. The maximum Gasteiger partial charge on any atom is 0.271 e. The zero-order valence-corrected chi connectivity index (χ0v) is 17.2. The molecule has 33 heavy (non-hydrogen) atoms. The van der Waals surface area contributed by atoms with Crippen LogP contribution in [0.1, 0.15) is 6.42 Å². The molecule has 1 aliphatic heterocycles. The molecule has 0 radical (unpaired) electrons. The van der Waals surface area contributed by atoms with E-state index in [4.69, 9.17) is 10.2 Å². The molecule has 1 aromatic heterocycles. The lowest BCUT2D eigenvalue weighted by atomic mass is 10.1. The molecule has 3 N–H and O–H groups in total. The van der Waals surface area contributed by atoms with Gasteiger partial charge in [-0.3, -0.25) is 14.6 Å². The van der Waals surface area contributed by atoms with Crippen molar-refractivity contribution in [1.29, 1.82) is 0 Å². The van der Waals surface area contributed by atoms with Gasteiger partial charge in [-0.15, -0.1) is 0 Å². The maximum absolute atomic E-state index is 13.2. The highest BCUT2D eigenvalue weighted by Crippen LogP contribution is 2.27. The van der Waals surface area contributed by atoms with E-state index in [0.717, 1.165) is 11.1 Å². The molecule has 4 aromatic rings. The van der Waals surface area contributed by atoms with Crippen molar-refractivity contribution in [1.82, 2.24) is 4.98 Å². The first-order chi connectivity index (χ1) is 16.0. The van der Waals surface area contributed by atoms with Crippen molar-refractivity contribution in [3.63, 3.8) is 0 Å². The molecule has 2 heterocycles. The van der Waals surface area contributed by atoms with Crippen LogP contribution >= 0.6 is 0 Å². The minimum absolute atomic E-state index is 0.0412. The van der Waals surface area contributed by atoms with Gasteiger partial charge in [0.1, 0.15) is 23.1 Å². The Kier molecular flexibility index (Phi) is 5.06. The summed E-state index contributed by atoms with van der Waals surface area (Å²) in [5.74, 6) is -1.03. The SMILES string of the molecule is NC(=O)C1CC(C(=O)Nc2ccc(-c3nc4ccccc4o3)cc2)=NN1c1ccc(F)cc1. The summed E-state index contributed by atoms with van der Waals surface area (Å²) in [6.07, 6.45) is 0.0412. The molecule has 9 heteroatoms. The van der Waals surface area contributed by atoms with Gasteiger partial charge >= 0.3 is 0 Å². The fourth-order valence-electron chi connectivity index (χ4n) is 3.60. The molecule has 5 rings (SSSR count). The Morgan fingerprint density at radius 2 is 1.76 bits per heavy atom. The molecule has 0 fully saturated rings. The summed E-state index contributed by atoms with van der Waals surface area (Å²) in [7, 11) is 0.